The first-order valence-corrected chi connectivity index (χ1v) is 9.61. The molecule has 2 rings (SSSR count). The van der Waals surface area contributed by atoms with Crippen LogP contribution in [-0.4, -0.2) is 43.2 Å². The van der Waals surface area contributed by atoms with Gasteiger partial charge in [0.1, 0.15) is 11.5 Å². The number of aliphatic carboxylic acids is 1. The number of carboxylic acid groups (broad SMARTS) is 1. The lowest BCUT2D eigenvalue weighted by Gasteiger charge is -2.22. The minimum atomic E-state index is -0.992. The first-order valence-electron chi connectivity index (χ1n) is 8.86. The lowest BCUT2D eigenvalue weighted by molar-refractivity contribution is -0.137. The zero-order chi connectivity index (χ0) is 21.6. The Labute approximate surface area is 179 Å². The summed E-state index contributed by atoms with van der Waals surface area (Å²) in [5, 5.41) is 9.96. The van der Waals surface area contributed by atoms with E-state index in [4.69, 9.17) is 32.7 Å². The van der Waals surface area contributed by atoms with Gasteiger partial charge in [-0.15, -0.1) is 0 Å². The number of amides is 1. The topological polar surface area (TPSA) is 76.1 Å². The van der Waals surface area contributed by atoms with Crippen molar-refractivity contribution < 1.29 is 24.2 Å². The van der Waals surface area contributed by atoms with Crippen LogP contribution in [0.4, 0.5) is 0 Å². The summed E-state index contributed by atoms with van der Waals surface area (Å²) in [7, 11) is 4.78. The predicted molar refractivity (Wildman–Crippen MR) is 112 cm³/mol. The SMILES string of the molecule is COc1cc(CN(C)C(=O)CC(CC(=O)O)c2ccc(Cl)c(Cl)c2)cc(OC)c1. The Morgan fingerprint density at radius 1 is 1.00 bits per heavy atom. The van der Waals surface area contributed by atoms with Gasteiger partial charge in [-0.05, 0) is 35.4 Å². The molecule has 0 radical (unpaired) electrons. The summed E-state index contributed by atoms with van der Waals surface area (Å²) in [6.45, 7) is 0.327. The third-order valence-corrected chi connectivity index (χ3v) is 5.25. The number of ether oxygens (including phenoxy) is 2. The normalized spacial score (nSPS) is 11.6. The number of hydrogen-bond acceptors (Lipinski definition) is 4. The van der Waals surface area contributed by atoms with Gasteiger partial charge in [-0.25, -0.2) is 0 Å². The molecule has 0 aromatic heterocycles. The van der Waals surface area contributed by atoms with Gasteiger partial charge in [-0.1, -0.05) is 29.3 Å². The fourth-order valence-electron chi connectivity index (χ4n) is 2.97. The summed E-state index contributed by atoms with van der Waals surface area (Å²) in [5.41, 5.74) is 1.49. The smallest absolute Gasteiger partial charge is 0.303 e. The van der Waals surface area contributed by atoms with Crippen LogP contribution in [-0.2, 0) is 16.1 Å². The van der Waals surface area contributed by atoms with Gasteiger partial charge in [0, 0.05) is 32.0 Å². The molecule has 1 atom stereocenters. The highest BCUT2D eigenvalue weighted by molar-refractivity contribution is 6.42. The van der Waals surface area contributed by atoms with Gasteiger partial charge in [-0.3, -0.25) is 9.59 Å². The zero-order valence-electron chi connectivity index (χ0n) is 16.4. The lowest BCUT2D eigenvalue weighted by Crippen LogP contribution is -2.28. The number of carboxylic acids is 1. The molecule has 0 fully saturated rings. The quantitative estimate of drug-likeness (QED) is 0.616. The second-order valence-corrected chi connectivity index (χ2v) is 7.46. The molecule has 0 saturated heterocycles. The molecule has 1 unspecified atom stereocenters. The van der Waals surface area contributed by atoms with E-state index >= 15 is 0 Å². The van der Waals surface area contributed by atoms with Crippen LogP contribution < -0.4 is 9.47 Å². The lowest BCUT2D eigenvalue weighted by atomic mass is 9.92. The number of carbonyl (C=O) groups is 2. The molecule has 0 aliphatic heterocycles. The van der Waals surface area contributed by atoms with Crippen LogP contribution in [0.3, 0.4) is 0 Å². The molecule has 0 spiro atoms. The summed E-state index contributed by atoms with van der Waals surface area (Å²) in [6.07, 6.45) is -0.160. The van der Waals surface area contributed by atoms with E-state index in [1.165, 1.54) is 0 Å². The number of carbonyl (C=O) groups excluding carboxylic acids is 1. The summed E-state index contributed by atoms with van der Waals surface area (Å²) in [6, 6.07) is 10.3. The van der Waals surface area contributed by atoms with Gasteiger partial charge < -0.3 is 19.5 Å². The summed E-state index contributed by atoms with van der Waals surface area (Å²) in [5.74, 6) is -0.449. The highest BCUT2D eigenvalue weighted by atomic mass is 35.5. The molecule has 156 valence electrons. The van der Waals surface area contributed by atoms with Gasteiger partial charge in [0.05, 0.1) is 30.7 Å². The zero-order valence-corrected chi connectivity index (χ0v) is 18.0. The first-order chi connectivity index (χ1) is 13.7. The molecule has 2 aromatic carbocycles. The minimum absolute atomic E-state index is 0.0296. The van der Waals surface area contributed by atoms with E-state index in [0.29, 0.717) is 33.7 Å². The molecule has 8 heteroatoms. The van der Waals surface area contributed by atoms with E-state index in [-0.39, 0.29) is 18.7 Å². The maximum absolute atomic E-state index is 12.8. The molecule has 0 aliphatic carbocycles. The number of rotatable bonds is 9. The van der Waals surface area contributed by atoms with Crippen LogP contribution in [0.1, 0.15) is 29.9 Å². The highest BCUT2D eigenvalue weighted by Crippen LogP contribution is 2.31. The van der Waals surface area contributed by atoms with Crippen molar-refractivity contribution in [2.24, 2.45) is 0 Å². The van der Waals surface area contributed by atoms with E-state index in [1.807, 2.05) is 12.1 Å². The second-order valence-electron chi connectivity index (χ2n) is 6.64. The van der Waals surface area contributed by atoms with Crippen LogP contribution in [0.2, 0.25) is 10.0 Å². The number of methoxy groups -OCH3 is 2. The molecule has 0 aliphatic rings. The number of benzene rings is 2. The molecule has 29 heavy (non-hydrogen) atoms. The Morgan fingerprint density at radius 2 is 1.62 bits per heavy atom. The van der Waals surface area contributed by atoms with Crippen molar-refractivity contribution in [2.75, 3.05) is 21.3 Å². The van der Waals surface area contributed by atoms with Crippen molar-refractivity contribution in [2.45, 2.75) is 25.3 Å². The number of halogens is 2. The van der Waals surface area contributed by atoms with Crippen molar-refractivity contribution in [1.82, 2.24) is 4.90 Å². The van der Waals surface area contributed by atoms with Gasteiger partial charge in [0.2, 0.25) is 5.91 Å². The molecule has 0 saturated carbocycles. The third-order valence-electron chi connectivity index (χ3n) is 4.51. The van der Waals surface area contributed by atoms with Gasteiger partial charge in [-0.2, -0.15) is 0 Å². The van der Waals surface area contributed by atoms with Crippen molar-refractivity contribution in [1.29, 1.82) is 0 Å². The summed E-state index contributed by atoms with van der Waals surface area (Å²) >= 11 is 12.0. The molecule has 1 amide bonds. The van der Waals surface area contributed by atoms with Gasteiger partial charge in [0.25, 0.3) is 0 Å². The standard InChI is InChI=1S/C21H23Cl2NO5/c1-24(12-13-6-16(28-2)11-17(7-13)29-3)20(25)9-15(10-21(26)27)14-4-5-18(22)19(23)8-14/h4-8,11,15H,9-10,12H2,1-3H3,(H,26,27). The number of nitrogens with zero attached hydrogens (tertiary/aromatic N) is 1. The maximum atomic E-state index is 12.8. The Morgan fingerprint density at radius 3 is 2.14 bits per heavy atom. The fraction of sp³-hybridized carbons (Fsp3) is 0.333. The highest BCUT2D eigenvalue weighted by Gasteiger charge is 2.22. The van der Waals surface area contributed by atoms with E-state index in [0.717, 1.165) is 5.56 Å². The molecular formula is C21H23Cl2NO5. The van der Waals surface area contributed by atoms with Crippen LogP contribution in [0.25, 0.3) is 0 Å². The van der Waals surface area contributed by atoms with Crippen molar-refractivity contribution in [3.63, 3.8) is 0 Å². The largest absolute Gasteiger partial charge is 0.497 e. The monoisotopic (exact) mass is 439 g/mol. The van der Waals surface area contributed by atoms with E-state index in [9.17, 15) is 14.7 Å². The Hall–Kier alpha value is -2.44. The van der Waals surface area contributed by atoms with E-state index < -0.39 is 11.9 Å². The number of hydrogen-bond donors (Lipinski definition) is 1. The third kappa shape index (κ3) is 6.54. The average Bonchev–Trinajstić information content (AvgIpc) is 2.68. The van der Waals surface area contributed by atoms with Crippen LogP contribution >= 0.6 is 23.2 Å². The Kier molecular flexibility index (Phi) is 8.17. The predicted octanol–water partition coefficient (Wildman–Crippen LogP) is 4.62. The first kappa shape index (κ1) is 22.8. The summed E-state index contributed by atoms with van der Waals surface area (Å²) in [4.78, 5) is 25.6. The van der Waals surface area contributed by atoms with Crippen LogP contribution in [0.5, 0.6) is 11.5 Å². The van der Waals surface area contributed by atoms with Crippen molar-refractivity contribution in [3.8, 4) is 11.5 Å². The molecule has 2 aromatic rings. The summed E-state index contributed by atoms with van der Waals surface area (Å²) < 4.78 is 10.5. The molecule has 0 bridgehead atoms. The molecular weight excluding hydrogens is 417 g/mol. The van der Waals surface area contributed by atoms with Crippen LogP contribution in [0, 0.1) is 0 Å². The second kappa shape index (κ2) is 10.4. The van der Waals surface area contributed by atoms with Gasteiger partial charge >= 0.3 is 5.97 Å². The van der Waals surface area contributed by atoms with Crippen LogP contribution in [0.15, 0.2) is 36.4 Å². The van der Waals surface area contributed by atoms with Crippen molar-refractivity contribution in [3.05, 3.63) is 57.6 Å². The fourth-order valence-corrected chi connectivity index (χ4v) is 3.28. The minimum Gasteiger partial charge on any atom is -0.497 e. The molecule has 6 nitrogen and oxygen atoms in total. The average molecular weight is 440 g/mol. The molecule has 0 heterocycles. The molecule has 1 N–H and O–H groups in total. The van der Waals surface area contributed by atoms with E-state index in [2.05, 4.69) is 0 Å². The van der Waals surface area contributed by atoms with Crippen molar-refractivity contribution >= 4 is 35.1 Å². The van der Waals surface area contributed by atoms with Gasteiger partial charge in [0.15, 0.2) is 0 Å². The van der Waals surface area contributed by atoms with E-state index in [1.54, 1.807) is 50.4 Å². The maximum Gasteiger partial charge on any atom is 0.303 e. The Bertz CT molecular complexity index is 865. The Balaban J connectivity index is 2.16.